The molecule has 6 atom stereocenters. The molecule has 5 saturated carbocycles. The number of nitrogens with zero attached hydrogens (tertiary/aromatic N) is 6. The standard InChI is InChI=1S/C57H65N7O6.C43H43N5/c1-32(2)40(27-49(65)69-5)53(66)63-30-56(19-20-56)28-47(63)51-58-43-17-15-38(25-45(43)60-51)41-23-34-7-11-36(41)12-8-35-10-14-37(13-9-34)42(24-35)39-16-18-44-46(26-39)61-52(59-44)48-29-57(21-22-57)31-64(48)54(67)50(33(3)4)62-55(68)70-6;1-5-28-6-2-27-4-8-29(34(20-27)31-10-12-36-38(22-31)48-41(46-36)39-24-43(17-18-43)25-44-39)7-3-26(1)19-33(28)30-9-11-35-37(21-30)47-40(45-35)32-13-14-42(23-32)15-16-42/h7,10-11,14-18,23-26,32-33,40,47-48,50H,8-9,12-13,19-22,27-31H2,1-6H3,(H,58,60)(H,59,61)(H,62,68);1,4-5,8-12,19-22,32,39,44H,2-3,6-7,13-18,23-25H2,(H,45,47)(H,46,48)/t40-,47?,48-,50-;32-,39?/m00/s1. The molecule has 6 N–H and O–H groups in total. The molecule has 8 bridgehead atoms. The number of carbonyl (C=O) groups is 4. The second-order valence-corrected chi connectivity index (χ2v) is 38.3. The summed E-state index contributed by atoms with van der Waals surface area (Å²) in [7, 11) is 2.70. The van der Waals surface area contributed by atoms with Crippen molar-refractivity contribution in [2.24, 2.45) is 39.4 Å². The van der Waals surface area contributed by atoms with Gasteiger partial charge in [0.2, 0.25) is 11.8 Å². The number of carbonyl (C=O) groups excluding carboxylic acids is 4. The molecule has 12 aromatic rings. The average molecular weight is 1570 g/mol. The Kier molecular flexibility index (Phi) is 18.4. The lowest BCUT2D eigenvalue weighted by Gasteiger charge is -2.30. The molecular weight excluding hydrogens is 1470 g/mol. The van der Waals surface area contributed by atoms with Crippen LogP contribution in [0.5, 0.6) is 0 Å². The van der Waals surface area contributed by atoms with E-state index in [1.54, 1.807) is 0 Å². The van der Waals surface area contributed by atoms with E-state index in [1.807, 2.05) is 37.5 Å². The van der Waals surface area contributed by atoms with Crippen LogP contribution in [0.3, 0.4) is 0 Å². The molecule has 3 amide bonds. The predicted octanol–water partition coefficient (Wildman–Crippen LogP) is 19.5. The van der Waals surface area contributed by atoms with Crippen molar-refractivity contribution >= 4 is 68.0 Å². The first-order chi connectivity index (χ1) is 57.3. The molecule has 118 heavy (non-hydrogen) atoms. The Balaban J connectivity index is 0.000000157. The minimum atomic E-state index is -0.690. The topological polar surface area (TPSA) is 232 Å². The molecule has 8 fully saturated rings. The van der Waals surface area contributed by atoms with Crippen molar-refractivity contribution in [1.82, 2.24) is 60.3 Å². The molecule has 3 aliphatic heterocycles. The number of aromatic nitrogens is 8. The Labute approximate surface area is 689 Å². The van der Waals surface area contributed by atoms with Gasteiger partial charge in [0.05, 0.1) is 88.8 Å². The van der Waals surface area contributed by atoms with E-state index in [2.05, 4.69) is 176 Å². The van der Waals surface area contributed by atoms with Gasteiger partial charge >= 0.3 is 12.1 Å². The van der Waals surface area contributed by atoms with E-state index >= 15 is 0 Å². The highest BCUT2D eigenvalue weighted by Gasteiger charge is 2.57. The van der Waals surface area contributed by atoms with Crippen LogP contribution < -0.4 is 10.6 Å². The predicted molar refractivity (Wildman–Crippen MR) is 462 cm³/mol. The van der Waals surface area contributed by atoms with E-state index in [1.165, 1.54) is 155 Å². The summed E-state index contributed by atoms with van der Waals surface area (Å²) in [4.78, 5) is 92.0. The van der Waals surface area contributed by atoms with Gasteiger partial charge in [-0.1, -0.05) is 125 Å². The monoisotopic (exact) mass is 1570 g/mol. The van der Waals surface area contributed by atoms with Gasteiger partial charge in [-0.2, -0.15) is 0 Å². The van der Waals surface area contributed by atoms with Crippen LogP contribution in [0.4, 0.5) is 4.79 Å². The van der Waals surface area contributed by atoms with Gasteiger partial charge in [-0.05, 0) is 312 Å². The summed E-state index contributed by atoms with van der Waals surface area (Å²) in [5.41, 5.74) is 30.5. The van der Waals surface area contributed by atoms with Gasteiger partial charge in [0.1, 0.15) is 29.3 Å². The van der Waals surface area contributed by atoms with Crippen LogP contribution in [0.15, 0.2) is 146 Å². The Bertz CT molecular complexity index is 5650. The van der Waals surface area contributed by atoms with E-state index in [0.717, 1.165) is 164 Å². The van der Waals surface area contributed by atoms with Gasteiger partial charge in [-0.3, -0.25) is 14.4 Å². The van der Waals surface area contributed by atoms with Crippen LogP contribution >= 0.6 is 0 Å². The second-order valence-electron chi connectivity index (χ2n) is 38.3. The number of likely N-dealkylation sites (tertiary alicyclic amines) is 2. The Hall–Kier alpha value is -10.7. The van der Waals surface area contributed by atoms with Crippen molar-refractivity contribution in [1.29, 1.82) is 0 Å². The smallest absolute Gasteiger partial charge is 0.407 e. The number of methoxy groups -OCH3 is 2. The van der Waals surface area contributed by atoms with Crippen molar-refractivity contribution in [3.8, 4) is 44.5 Å². The van der Waals surface area contributed by atoms with Crippen LogP contribution in [-0.4, -0.2) is 113 Å². The summed E-state index contributed by atoms with van der Waals surface area (Å²) in [5.74, 6) is 3.55. The molecule has 0 radical (unpaired) electrons. The van der Waals surface area contributed by atoms with Gasteiger partial charge < -0.3 is 49.8 Å². The summed E-state index contributed by atoms with van der Waals surface area (Å²) < 4.78 is 9.87. The number of aromatic amines is 4. The number of amides is 3. The van der Waals surface area contributed by atoms with Gasteiger partial charge in [0.25, 0.3) is 0 Å². The molecule has 7 heterocycles. The number of benzene rings is 8. The molecule has 18 heteroatoms. The number of fused-ring (bicyclic) bond motifs is 4. The number of imidazole rings is 4. The highest BCUT2D eigenvalue weighted by atomic mass is 16.5. The molecule has 28 rings (SSSR count). The van der Waals surface area contributed by atoms with Crippen molar-refractivity contribution in [2.75, 3.05) is 33.9 Å². The summed E-state index contributed by atoms with van der Waals surface area (Å²) in [6, 6.07) is 54.4. The maximum absolute atomic E-state index is 14.2. The van der Waals surface area contributed by atoms with E-state index in [0.29, 0.717) is 35.9 Å². The Morgan fingerprint density at radius 2 is 0.822 bits per heavy atom. The quantitative estimate of drug-likeness (QED) is 0.0529. The van der Waals surface area contributed by atoms with Gasteiger partial charge in [0, 0.05) is 25.6 Å². The molecular formula is C100H108N12O6. The Morgan fingerprint density at radius 3 is 1.20 bits per heavy atom. The number of esters is 1. The molecule has 16 aliphatic rings. The Morgan fingerprint density at radius 1 is 0.424 bits per heavy atom. The zero-order valence-electron chi connectivity index (χ0n) is 69.0. The van der Waals surface area contributed by atoms with Crippen LogP contribution in [-0.2, 0) is 75.2 Å². The number of aryl methyl sites for hydroxylation is 8. The average Bonchev–Trinajstić information content (AvgIpc) is 1.58. The lowest BCUT2D eigenvalue weighted by molar-refractivity contribution is -0.148. The minimum absolute atomic E-state index is 0.00276. The fourth-order valence-corrected chi connectivity index (χ4v) is 21.5. The third-order valence-electron chi connectivity index (χ3n) is 29.6. The first kappa shape index (κ1) is 74.8. The van der Waals surface area contributed by atoms with Crippen molar-refractivity contribution < 1.29 is 28.7 Å². The second kappa shape index (κ2) is 29.1. The lowest BCUT2D eigenvalue weighted by Crippen LogP contribution is -2.51. The van der Waals surface area contributed by atoms with Crippen LogP contribution in [0.1, 0.15) is 216 Å². The number of nitrogens with one attached hydrogen (secondary N) is 6. The molecule has 8 aromatic carbocycles. The van der Waals surface area contributed by atoms with Crippen molar-refractivity contribution in [3.63, 3.8) is 0 Å². The number of alkyl carbamates (subject to hydrolysis) is 1. The molecule has 18 nitrogen and oxygen atoms in total. The molecule has 13 aliphatic carbocycles. The van der Waals surface area contributed by atoms with Crippen LogP contribution in [0.25, 0.3) is 88.6 Å². The largest absolute Gasteiger partial charge is 0.469 e. The van der Waals surface area contributed by atoms with Crippen LogP contribution in [0.2, 0.25) is 0 Å². The van der Waals surface area contributed by atoms with Crippen LogP contribution in [0, 0.1) is 39.4 Å². The van der Waals surface area contributed by atoms with Crippen molar-refractivity contribution in [2.45, 2.75) is 205 Å². The zero-order chi connectivity index (χ0) is 80.1. The van der Waals surface area contributed by atoms with E-state index in [9.17, 15) is 19.2 Å². The fourth-order valence-electron chi connectivity index (χ4n) is 21.5. The first-order valence-corrected chi connectivity index (χ1v) is 44.0. The highest BCUT2D eigenvalue weighted by molar-refractivity contribution is 5.90. The van der Waals surface area contributed by atoms with E-state index < -0.39 is 18.1 Å². The van der Waals surface area contributed by atoms with Gasteiger partial charge in [-0.25, -0.2) is 24.7 Å². The third-order valence-corrected chi connectivity index (χ3v) is 29.6. The van der Waals surface area contributed by atoms with Crippen molar-refractivity contribution in [3.05, 3.63) is 213 Å². The highest BCUT2D eigenvalue weighted by Crippen LogP contribution is 2.63. The molecule has 2 unspecified atom stereocenters. The molecule has 4 aromatic heterocycles. The van der Waals surface area contributed by atoms with E-state index in [-0.39, 0.29) is 59.0 Å². The lowest BCUT2D eigenvalue weighted by atomic mass is 9.87. The summed E-state index contributed by atoms with van der Waals surface area (Å²) in [5, 5.41) is 6.53. The normalized spacial score (nSPS) is 21.8. The number of ether oxygens (including phenoxy) is 2. The first-order valence-electron chi connectivity index (χ1n) is 44.0. The maximum atomic E-state index is 14.2. The number of hydrogen-bond donors (Lipinski definition) is 6. The summed E-state index contributed by atoms with van der Waals surface area (Å²) >= 11 is 0. The van der Waals surface area contributed by atoms with Gasteiger partial charge in [0.15, 0.2) is 0 Å². The minimum Gasteiger partial charge on any atom is -0.469 e. The molecule has 604 valence electrons. The maximum Gasteiger partial charge on any atom is 0.407 e. The summed E-state index contributed by atoms with van der Waals surface area (Å²) in [6.07, 6.45) is 24.0. The molecule has 3 saturated heterocycles. The number of hydrogen-bond acceptors (Lipinski definition) is 11. The number of H-pyrrole nitrogens is 4. The third kappa shape index (κ3) is 14.3. The molecule has 4 spiro atoms. The zero-order valence-corrected chi connectivity index (χ0v) is 69.0. The SMILES string of the molecule is COC(=O)C[C@H](C(=O)N1CC2(CC2)CC1c1nc2ccc(-c3cc4ccc3CCc3ccc(c(-c5ccc6nc([C@@H]7CC8(CC8)CN7C(=O)[C@@H](NC(=O)OC)C(C)C)[nH]c6c5)c3)CC4)cc2[nH]1)C(C)C.c1cc2c(-c3ccc4nc(C5CC6(CC6)CN5)[nH]c4c3)cc1CCc1ccc(cc1-c1ccc3nc([C@H]4CCC5(CC5)C4)[nH]c3c1)CC2. The summed E-state index contributed by atoms with van der Waals surface area (Å²) in [6.45, 7) is 10.4. The fraction of sp³-hybridized carbons (Fsp3) is 0.440. The van der Waals surface area contributed by atoms with E-state index in [4.69, 9.17) is 29.4 Å². The van der Waals surface area contributed by atoms with Gasteiger partial charge in [-0.15, -0.1) is 0 Å². The number of rotatable bonds is 15.